The average Bonchev–Trinajstić information content (AvgIpc) is 2.46. The summed E-state index contributed by atoms with van der Waals surface area (Å²) in [5.74, 6) is 0. The van der Waals surface area contributed by atoms with Crippen molar-refractivity contribution in [3.63, 3.8) is 0 Å². The lowest BCUT2D eigenvalue weighted by Crippen LogP contribution is -2.12. The number of hydrogen-bond donors (Lipinski definition) is 2. The maximum Gasteiger partial charge on any atom is 0.0449 e. The van der Waals surface area contributed by atoms with Gasteiger partial charge >= 0.3 is 0 Å². The molecule has 3 aromatic rings. The quantitative estimate of drug-likeness (QED) is 0.720. The number of benzene rings is 3. The maximum atomic E-state index is 9.10. The van der Waals surface area contributed by atoms with Gasteiger partial charge in [-0.05, 0) is 39.6 Å². The SMILES string of the molecule is Cl.N[C@H](CCO)c1cc2ccccc2c2ccccc12. The van der Waals surface area contributed by atoms with Gasteiger partial charge in [-0.15, -0.1) is 12.4 Å². The van der Waals surface area contributed by atoms with E-state index in [1.165, 1.54) is 21.5 Å². The van der Waals surface area contributed by atoms with E-state index in [0.29, 0.717) is 6.42 Å². The summed E-state index contributed by atoms with van der Waals surface area (Å²) >= 11 is 0. The number of aliphatic hydroxyl groups is 1. The molecular formula is C17H18ClNO. The molecule has 0 aromatic heterocycles. The molecule has 0 fully saturated rings. The highest BCUT2D eigenvalue weighted by Gasteiger charge is 2.11. The van der Waals surface area contributed by atoms with Crippen molar-refractivity contribution in [1.29, 1.82) is 0 Å². The van der Waals surface area contributed by atoms with Crippen LogP contribution in [0.25, 0.3) is 21.5 Å². The third-order valence-electron chi connectivity index (χ3n) is 3.64. The van der Waals surface area contributed by atoms with Crippen LogP contribution >= 0.6 is 12.4 Å². The predicted octanol–water partition coefficient (Wildman–Crippen LogP) is 3.80. The first-order valence-electron chi connectivity index (χ1n) is 6.58. The molecule has 0 bridgehead atoms. The number of fused-ring (bicyclic) bond motifs is 3. The van der Waals surface area contributed by atoms with Gasteiger partial charge in [0.15, 0.2) is 0 Å². The molecule has 3 heteroatoms. The fourth-order valence-electron chi connectivity index (χ4n) is 2.68. The minimum Gasteiger partial charge on any atom is -0.396 e. The van der Waals surface area contributed by atoms with Crippen molar-refractivity contribution in [2.24, 2.45) is 5.73 Å². The van der Waals surface area contributed by atoms with Gasteiger partial charge in [-0.25, -0.2) is 0 Å². The molecule has 0 unspecified atom stereocenters. The average molecular weight is 288 g/mol. The van der Waals surface area contributed by atoms with E-state index in [0.717, 1.165) is 5.56 Å². The summed E-state index contributed by atoms with van der Waals surface area (Å²) in [7, 11) is 0. The Kier molecular flexibility index (Phi) is 4.61. The lowest BCUT2D eigenvalue weighted by atomic mass is 9.93. The summed E-state index contributed by atoms with van der Waals surface area (Å²) in [5, 5.41) is 14.0. The normalized spacial score (nSPS) is 12.3. The smallest absolute Gasteiger partial charge is 0.0449 e. The molecule has 0 aliphatic carbocycles. The second-order valence-electron chi connectivity index (χ2n) is 4.85. The summed E-state index contributed by atoms with van der Waals surface area (Å²) in [6.07, 6.45) is 0.586. The zero-order chi connectivity index (χ0) is 13.2. The summed E-state index contributed by atoms with van der Waals surface area (Å²) in [6.45, 7) is 0.113. The summed E-state index contributed by atoms with van der Waals surface area (Å²) in [4.78, 5) is 0. The Morgan fingerprint density at radius 2 is 1.50 bits per heavy atom. The molecule has 104 valence electrons. The first-order valence-corrected chi connectivity index (χ1v) is 6.58. The number of aliphatic hydroxyl groups excluding tert-OH is 1. The molecule has 3 rings (SSSR count). The topological polar surface area (TPSA) is 46.2 Å². The lowest BCUT2D eigenvalue weighted by molar-refractivity contribution is 0.277. The van der Waals surface area contributed by atoms with Crippen molar-refractivity contribution in [1.82, 2.24) is 0 Å². The molecule has 0 saturated heterocycles. The zero-order valence-electron chi connectivity index (χ0n) is 11.1. The monoisotopic (exact) mass is 287 g/mol. The Hall–Kier alpha value is -1.61. The predicted molar refractivity (Wildman–Crippen MR) is 87.3 cm³/mol. The maximum absolute atomic E-state index is 9.10. The standard InChI is InChI=1S/C17H17NO.ClH/c18-17(9-10-19)16-11-12-5-1-2-6-13(12)14-7-3-4-8-15(14)16;/h1-8,11,17,19H,9-10,18H2;1H/t17-;/m1./s1. The van der Waals surface area contributed by atoms with Crippen molar-refractivity contribution in [2.45, 2.75) is 12.5 Å². The molecular weight excluding hydrogens is 270 g/mol. The number of halogens is 1. The van der Waals surface area contributed by atoms with E-state index in [1.54, 1.807) is 0 Å². The van der Waals surface area contributed by atoms with Crippen molar-refractivity contribution in [3.05, 3.63) is 60.2 Å². The van der Waals surface area contributed by atoms with Gasteiger partial charge in [-0.2, -0.15) is 0 Å². The van der Waals surface area contributed by atoms with Crippen LogP contribution in [0.15, 0.2) is 54.6 Å². The minimum absolute atomic E-state index is 0. The van der Waals surface area contributed by atoms with E-state index in [2.05, 4.69) is 42.5 Å². The van der Waals surface area contributed by atoms with Crippen molar-refractivity contribution < 1.29 is 5.11 Å². The van der Waals surface area contributed by atoms with Crippen LogP contribution in [0, 0.1) is 0 Å². The van der Waals surface area contributed by atoms with Crippen LogP contribution in [0.1, 0.15) is 18.0 Å². The van der Waals surface area contributed by atoms with E-state index in [1.807, 2.05) is 12.1 Å². The van der Waals surface area contributed by atoms with Crippen LogP contribution in [0.2, 0.25) is 0 Å². The number of rotatable bonds is 3. The summed E-state index contributed by atoms with van der Waals surface area (Å²) in [5.41, 5.74) is 7.32. The molecule has 0 aliphatic heterocycles. The second-order valence-corrected chi connectivity index (χ2v) is 4.85. The Morgan fingerprint density at radius 3 is 2.20 bits per heavy atom. The Bertz CT molecular complexity index is 726. The third kappa shape index (κ3) is 2.50. The van der Waals surface area contributed by atoms with Crippen LogP contribution in [0.5, 0.6) is 0 Å². The largest absolute Gasteiger partial charge is 0.396 e. The van der Waals surface area contributed by atoms with Crippen molar-refractivity contribution >= 4 is 34.0 Å². The highest BCUT2D eigenvalue weighted by molar-refractivity contribution is 6.09. The summed E-state index contributed by atoms with van der Waals surface area (Å²) < 4.78 is 0. The van der Waals surface area contributed by atoms with E-state index in [-0.39, 0.29) is 25.1 Å². The molecule has 0 amide bonds. The van der Waals surface area contributed by atoms with Gasteiger partial charge in [0.2, 0.25) is 0 Å². The number of hydrogen-bond acceptors (Lipinski definition) is 2. The first kappa shape index (κ1) is 14.8. The van der Waals surface area contributed by atoms with Gasteiger partial charge in [-0.3, -0.25) is 0 Å². The molecule has 0 radical (unpaired) electrons. The van der Waals surface area contributed by atoms with Crippen LogP contribution in [-0.4, -0.2) is 11.7 Å². The van der Waals surface area contributed by atoms with Gasteiger partial charge in [0, 0.05) is 12.6 Å². The Morgan fingerprint density at radius 1 is 0.900 bits per heavy atom. The zero-order valence-corrected chi connectivity index (χ0v) is 11.9. The lowest BCUT2D eigenvalue weighted by Gasteiger charge is -2.15. The van der Waals surface area contributed by atoms with Crippen molar-refractivity contribution in [3.8, 4) is 0 Å². The fraction of sp³-hybridized carbons (Fsp3) is 0.176. The van der Waals surface area contributed by atoms with E-state index >= 15 is 0 Å². The van der Waals surface area contributed by atoms with E-state index in [4.69, 9.17) is 10.8 Å². The van der Waals surface area contributed by atoms with Crippen LogP contribution in [-0.2, 0) is 0 Å². The van der Waals surface area contributed by atoms with E-state index < -0.39 is 0 Å². The van der Waals surface area contributed by atoms with Gasteiger partial charge in [-0.1, -0.05) is 48.5 Å². The van der Waals surface area contributed by atoms with Crippen LogP contribution in [0.4, 0.5) is 0 Å². The minimum atomic E-state index is -0.125. The van der Waals surface area contributed by atoms with Crippen LogP contribution < -0.4 is 5.73 Å². The Labute approximate surface area is 124 Å². The Balaban J connectivity index is 0.00000147. The second kappa shape index (κ2) is 6.23. The molecule has 3 N–H and O–H groups in total. The molecule has 3 aromatic carbocycles. The first-order chi connectivity index (χ1) is 9.31. The summed E-state index contributed by atoms with van der Waals surface area (Å²) in [6, 6.07) is 18.7. The molecule has 1 atom stereocenters. The molecule has 0 spiro atoms. The molecule has 0 saturated carbocycles. The molecule has 0 heterocycles. The molecule has 20 heavy (non-hydrogen) atoms. The van der Waals surface area contributed by atoms with Gasteiger partial charge in [0.1, 0.15) is 0 Å². The molecule has 2 nitrogen and oxygen atoms in total. The van der Waals surface area contributed by atoms with Gasteiger partial charge < -0.3 is 10.8 Å². The third-order valence-corrected chi connectivity index (χ3v) is 3.64. The van der Waals surface area contributed by atoms with Gasteiger partial charge in [0.25, 0.3) is 0 Å². The highest BCUT2D eigenvalue weighted by Crippen LogP contribution is 2.31. The van der Waals surface area contributed by atoms with Crippen LogP contribution in [0.3, 0.4) is 0 Å². The van der Waals surface area contributed by atoms with Gasteiger partial charge in [0.05, 0.1) is 0 Å². The fourth-order valence-corrected chi connectivity index (χ4v) is 2.68. The molecule has 0 aliphatic rings. The van der Waals surface area contributed by atoms with E-state index in [9.17, 15) is 0 Å². The number of nitrogens with two attached hydrogens (primary N) is 1. The highest BCUT2D eigenvalue weighted by atomic mass is 35.5. The van der Waals surface area contributed by atoms with Crippen molar-refractivity contribution in [2.75, 3.05) is 6.61 Å².